The zero-order chi connectivity index (χ0) is 12.7. The van der Waals surface area contributed by atoms with Crippen LogP contribution in [-0.4, -0.2) is 69.6 Å². The third-order valence-electron chi connectivity index (χ3n) is 1.91. The second-order valence-electron chi connectivity index (χ2n) is 3.10. The Hall–Kier alpha value is -0.990. The number of carbonyl (C=O) groups is 1. The van der Waals surface area contributed by atoms with Crippen LogP contribution >= 0.6 is 0 Å². The molecule has 7 nitrogen and oxygen atoms in total. The molecule has 0 bridgehead atoms. The van der Waals surface area contributed by atoms with E-state index < -0.39 is 37.0 Å². The second-order valence-corrected chi connectivity index (χ2v) is 3.10. The number of methoxy groups -OCH3 is 1. The van der Waals surface area contributed by atoms with E-state index in [1.54, 1.807) is 0 Å². The van der Waals surface area contributed by atoms with Crippen LogP contribution in [0.2, 0.25) is 0 Å². The number of ether oxygens (including phenoxy) is 1. The molecule has 7 heteroatoms. The molecule has 94 valence electrons. The summed E-state index contributed by atoms with van der Waals surface area (Å²) in [6.07, 6.45) is -4.80. The van der Waals surface area contributed by atoms with Gasteiger partial charge < -0.3 is 30.3 Å². The van der Waals surface area contributed by atoms with Crippen molar-refractivity contribution >= 4 is 5.97 Å². The fourth-order valence-corrected chi connectivity index (χ4v) is 0.897. The Labute approximate surface area is 92.2 Å². The molecule has 0 aliphatic carbocycles. The lowest BCUT2D eigenvalue weighted by Gasteiger charge is -2.23. The number of hydrogen-bond acceptors (Lipinski definition) is 7. The lowest BCUT2D eigenvalue weighted by atomic mass is 10.0. The van der Waals surface area contributed by atoms with Crippen molar-refractivity contribution in [2.24, 2.45) is 0 Å². The van der Waals surface area contributed by atoms with Gasteiger partial charge in [-0.2, -0.15) is 0 Å². The van der Waals surface area contributed by atoms with Crippen LogP contribution in [0.3, 0.4) is 0 Å². The molecule has 0 fully saturated rings. The molecular formula is C9H16O7. The number of esters is 1. The van der Waals surface area contributed by atoms with Crippen molar-refractivity contribution in [2.45, 2.75) is 24.4 Å². The molecule has 0 amide bonds. The van der Waals surface area contributed by atoms with E-state index in [-0.39, 0.29) is 0 Å². The summed E-state index contributed by atoms with van der Waals surface area (Å²) in [4.78, 5) is 10.6. The van der Waals surface area contributed by atoms with Gasteiger partial charge in [0.2, 0.25) is 0 Å². The number of aliphatic hydroxyl groups excluding tert-OH is 5. The Morgan fingerprint density at radius 2 is 1.81 bits per heavy atom. The maximum atomic E-state index is 10.6. The standard InChI is InChI=1S/C9H16O7/c1-16-7(13)3-2-5(11)8(14)9(15)6(12)4-10/h2-3,5-6,8-12,14-15H,4H2,1H3/b3-2+. The van der Waals surface area contributed by atoms with Gasteiger partial charge in [0, 0.05) is 6.08 Å². The molecule has 4 atom stereocenters. The predicted molar refractivity (Wildman–Crippen MR) is 52.3 cm³/mol. The van der Waals surface area contributed by atoms with Crippen molar-refractivity contribution < 1.29 is 35.1 Å². The monoisotopic (exact) mass is 236 g/mol. The van der Waals surface area contributed by atoms with Gasteiger partial charge in [-0.05, 0) is 6.08 Å². The van der Waals surface area contributed by atoms with E-state index in [0.29, 0.717) is 0 Å². The lowest BCUT2D eigenvalue weighted by Crippen LogP contribution is -2.45. The number of aliphatic hydroxyl groups is 5. The molecule has 0 saturated heterocycles. The molecule has 0 aromatic heterocycles. The van der Waals surface area contributed by atoms with Crippen LogP contribution in [0.4, 0.5) is 0 Å². The summed E-state index contributed by atoms with van der Waals surface area (Å²) >= 11 is 0. The average molecular weight is 236 g/mol. The average Bonchev–Trinajstić information content (AvgIpc) is 2.32. The molecule has 0 spiro atoms. The van der Waals surface area contributed by atoms with Gasteiger partial charge in [0.05, 0.1) is 13.7 Å². The molecule has 0 aliphatic heterocycles. The molecule has 16 heavy (non-hydrogen) atoms. The Morgan fingerprint density at radius 3 is 2.25 bits per heavy atom. The molecule has 0 heterocycles. The summed E-state index contributed by atoms with van der Waals surface area (Å²) in [6, 6.07) is 0. The van der Waals surface area contributed by atoms with E-state index in [0.717, 1.165) is 19.3 Å². The minimum atomic E-state index is -1.72. The summed E-state index contributed by atoms with van der Waals surface area (Å²) in [5, 5.41) is 45.3. The topological polar surface area (TPSA) is 127 Å². The fourth-order valence-electron chi connectivity index (χ4n) is 0.897. The van der Waals surface area contributed by atoms with Crippen molar-refractivity contribution in [1.29, 1.82) is 0 Å². The second kappa shape index (κ2) is 7.31. The molecule has 0 aromatic carbocycles. The van der Waals surface area contributed by atoms with Crippen LogP contribution in [0.1, 0.15) is 0 Å². The van der Waals surface area contributed by atoms with Gasteiger partial charge in [0.1, 0.15) is 24.4 Å². The minimum absolute atomic E-state index is 0.733. The smallest absolute Gasteiger partial charge is 0.330 e. The predicted octanol–water partition coefficient (Wildman–Crippen LogP) is -2.85. The van der Waals surface area contributed by atoms with Gasteiger partial charge in [-0.1, -0.05) is 0 Å². The zero-order valence-electron chi connectivity index (χ0n) is 8.72. The third-order valence-corrected chi connectivity index (χ3v) is 1.91. The first-order valence-electron chi connectivity index (χ1n) is 4.53. The highest BCUT2D eigenvalue weighted by Gasteiger charge is 2.28. The first-order chi connectivity index (χ1) is 7.43. The van der Waals surface area contributed by atoms with Crippen LogP contribution in [0.25, 0.3) is 0 Å². The minimum Gasteiger partial charge on any atom is -0.466 e. The quantitative estimate of drug-likeness (QED) is 0.248. The first kappa shape index (κ1) is 15.0. The van der Waals surface area contributed by atoms with Crippen LogP contribution < -0.4 is 0 Å². The van der Waals surface area contributed by atoms with E-state index in [1.165, 1.54) is 0 Å². The highest BCUT2D eigenvalue weighted by atomic mass is 16.5. The molecule has 4 unspecified atom stereocenters. The number of carbonyl (C=O) groups excluding carboxylic acids is 1. The molecule has 0 aliphatic rings. The number of rotatable bonds is 6. The van der Waals surface area contributed by atoms with Gasteiger partial charge in [0.25, 0.3) is 0 Å². The molecule has 0 rings (SSSR count). The van der Waals surface area contributed by atoms with Gasteiger partial charge in [-0.25, -0.2) is 4.79 Å². The third kappa shape index (κ3) is 4.69. The van der Waals surface area contributed by atoms with Crippen molar-refractivity contribution in [3.05, 3.63) is 12.2 Å². The summed E-state index contributed by atoms with van der Waals surface area (Å²) in [5.74, 6) is -0.733. The molecular weight excluding hydrogens is 220 g/mol. The van der Waals surface area contributed by atoms with Gasteiger partial charge in [-0.15, -0.1) is 0 Å². The first-order valence-corrected chi connectivity index (χ1v) is 4.53. The summed E-state index contributed by atoms with van der Waals surface area (Å²) in [5.41, 5.74) is 0. The van der Waals surface area contributed by atoms with E-state index in [4.69, 9.17) is 10.2 Å². The fraction of sp³-hybridized carbons (Fsp3) is 0.667. The van der Waals surface area contributed by atoms with Gasteiger partial charge in [0.15, 0.2) is 0 Å². The maximum Gasteiger partial charge on any atom is 0.330 e. The molecule has 5 N–H and O–H groups in total. The van der Waals surface area contributed by atoms with E-state index >= 15 is 0 Å². The largest absolute Gasteiger partial charge is 0.466 e. The van der Waals surface area contributed by atoms with Gasteiger partial charge >= 0.3 is 5.97 Å². The Morgan fingerprint density at radius 1 is 1.25 bits per heavy atom. The SMILES string of the molecule is COC(=O)/C=C/C(O)C(O)C(O)C(O)CO. The van der Waals surface area contributed by atoms with Crippen LogP contribution in [-0.2, 0) is 9.53 Å². The summed E-state index contributed by atoms with van der Waals surface area (Å²) < 4.78 is 4.24. The van der Waals surface area contributed by atoms with Crippen molar-refractivity contribution in [1.82, 2.24) is 0 Å². The lowest BCUT2D eigenvalue weighted by molar-refractivity contribution is -0.135. The summed E-state index contributed by atoms with van der Waals surface area (Å²) in [7, 11) is 1.14. The molecule has 0 saturated carbocycles. The summed E-state index contributed by atoms with van der Waals surface area (Å²) in [6.45, 7) is -0.758. The highest BCUT2D eigenvalue weighted by Crippen LogP contribution is 2.06. The van der Waals surface area contributed by atoms with Crippen LogP contribution in [0.5, 0.6) is 0 Å². The Balaban J connectivity index is 4.32. The van der Waals surface area contributed by atoms with E-state index in [9.17, 15) is 20.1 Å². The van der Waals surface area contributed by atoms with Crippen LogP contribution in [0, 0.1) is 0 Å². The maximum absolute atomic E-state index is 10.6. The number of hydrogen-bond donors (Lipinski definition) is 5. The van der Waals surface area contributed by atoms with Crippen LogP contribution in [0.15, 0.2) is 12.2 Å². The normalized spacial score (nSPS) is 19.1. The van der Waals surface area contributed by atoms with Crippen molar-refractivity contribution in [3.63, 3.8) is 0 Å². The molecule has 0 radical (unpaired) electrons. The van der Waals surface area contributed by atoms with E-state index in [2.05, 4.69) is 4.74 Å². The molecule has 0 aromatic rings. The van der Waals surface area contributed by atoms with Crippen molar-refractivity contribution in [2.75, 3.05) is 13.7 Å². The van der Waals surface area contributed by atoms with Crippen molar-refractivity contribution in [3.8, 4) is 0 Å². The Kier molecular flexibility index (Phi) is 6.86. The van der Waals surface area contributed by atoms with E-state index in [1.807, 2.05) is 0 Å². The Bertz CT molecular complexity index is 240. The zero-order valence-corrected chi connectivity index (χ0v) is 8.72. The highest BCUT2D eigenvalue weighted by molar-refractivity contribution is 5.81. The van der Waals surface area contributed by atoms with Gasteiger partial charge in [-0.3, -0.25) is 0 Å².